The van der Waals surface area contributed by atoms with Crippen molar-refractivity contribution in [3.8, 4) is 0 Å². The minimum atomic E-state index is -0.208. The lowest BCUT2D eigenvalue weighted by atomic mass is 10.1. The first-order chi connectivity index (χ1) is 6.27. The van der Waals surface area contributed by atoms with Crippen LogP contribution in [-0.2, 0) is 9.53 Å². The van der Waals surface area contributed by atoms with Gasteiger partial charge in [-0.15, -0.1) is 0 Å². The zero-order valence-corrected chi connectivity index (χ0v) is 7.83. The Bertz CT molecular complexity index is 257. The molecule has 0 amide bonds. The third-order valence-electron chi connectivity index (χ3n) is 1.97. The van der Waals surface area contributed by atoms with E-state index in [1.807, 2.05) is 25.5 Å². The molecule has 0 aliphatic rings. The molecule has 1 aromatic heterocycles. The van der Waals surface area contributed by atoms with Crippen LogP contribution in [0.4, 0.5) is 0 Å². The number of carbonyl (C=O) groups is 1. The van der Waals surface area contributed by atoms with Gasteiger partial charge in [-0.25, -0.2) is 0 Å². The fraction of sp³-hybridized carbons (Fsp3) is 0.444. The van der Waals surface area contributed by atoms with Crippen molar-refractivity contribution in [2.45, 2.75) is 12.5 Å². The molecule has 0 bridgehead atoms. The van der Waals surface area contributed by atoms with Gasteiger partial charge in [-0.3, -0.25) is 4.79 Å². The van der Waals surface area contributed by atoms with E-state index in [4.69, 9.17) is 0 Å². The second kappa shape index (κ2) is 4.67. The Hall–Kier alpha value is -1.29. The van der Waals surface area contributed by atoms with E-state index in [1.54, 1.807) is 0 Å². The molecule has 72 valence electrons. The lowest BCUT2D eigenvalue weighted by Crippen LogP contribution is -2.20. The van der Waals surface area contributed by atoms with Crippen LogP contribution in [-0.4, -0.2) is 25.1 Å². The highest BCUT2D eigenvalue weighted by atomic mass is 16.5. The smallest absolute Gasteiger partial charge is 0.307 e. The van der Waals surface area contributed by atoms with Crippen molar-refractivity contribution in [3.63, 3.8) is 0 Å². The minimum absolute atomic E-state index is 0.0266. The van der Waals surface area contributed by atoms with Crippen LogP contribution in [0.1, 0.15) is 18.0 Å². The quantitative estimate of drug-likeness (QED) is 0.678. The molecule has 0 spiro atoms. The molecule has 13 heavy (non-hydrogen) atoms. The lowest BCUT2D eigenvalue weighted by Gasteiger charge is -2.12. The van der Waals surface area contributed by atoms with Crippen LogP contribution in [0.25, 0.3) is 0 Å². The second-order valence-electron chi connectivity index (χ2n) is 2.77. The summed E-state index contributed by atoms with van der Waals surface area (Å²) in [6.45, 7) is 0. The topological polar surface area (TPSA) is 54.1 Å². The summed E-state index contributed by atoms with van der Waals surface area (Å²) in [5.41, 5.74) is 1.06. The molecule has 0 saturated carbocycles. The highest BCUT2D eigenvalue weighted by Crippen LogP contribution is 2.15. The second-order valence-corrected chi connectivity index (χ2v) is 2.77. The molecular weight excluding hydrogens is 168 g/mol. The number of carbonyl (C=O) groups excluding carboxylic acids is 1. The van der Waals surface area contributed by atoms with Crippen molar-refractivity contribution in [1.29, 1.82) is 0 Å². The zero-order valence-electron chi connectivity index (χ0n) is 7.83. The summed E-state index contributed by atoms with van der Waals surface area (Å²) in [4.78, 5) is 13.9. The van der Waals surface area contributed by atoms with Gasteiger partial charge in [0, 0.05) is 18.4 Å². The van der Waals surface area contributed by atoms with Gasteiger partial charge in [0.15, 0.2) is 0 Å². The van der Waals surface area contributed by atoms with Gasteiger partial charge in [0.2, 0.25) is 0 Å². The normalized spacial score (nSPS) is 12.5. The van der Waals surface area contributed by atoms with E-state index in [-0.39, 0.29) is 12.0 Å². The van der Waals surface area contributed by atoms with Crippen molar-refractivity contribution in [3.05, 3.63) is 24.0 Å². The molecule has 0 aliphatic heterocycles. The van der Waals surface area contributed by atoms with Crippen molar-refractivity contribution in [1.82, 2.24) is 10.3 Å². The molecule has 4 nitrogen and oxygen atoms in total. The van der Waals surface area contributed by atoms with E-state index in [1.165, 1.54) is 7.11 Å². The van der Waals surface area contributed by atoms with Crippen LogP contribution in [0.2, 0.25) is 0 Å². The SMILES string of the molecule is CNC(CC(=O)OC)c1cc[nH]c1. The van der Waals surface area contributed by atoms with Gasteiger partial charge in [-0.2, -0.15) is 0 Å². The number of hydrogen-bond acceptors (Lipinski definition) is 3. The Balaban J connectivity index is 2.58. The van der Waals surface area contributed by atoms with Gasteiger partial charge in [-0.05, 0) is 18.7 Å². The maximum atomic E-state index is 11.0. The summed E-state index contributed by atoms with van der Waals surface area (Å²) in [5, 5.41) is 3.05. The largest absolute Gasteiger partial charge is 0.469 e. The molecule has 0 aliphatic carbocycles. The van der Waals surface area contributed by atoms with Gasteiger partial charge < -0.3 is 15.0 Å². The van der Waals surface area contributed by atoms with Crippen molar-refractivity contribution in [2.75, 3.05) is 14.2 Å². The molecule has 1 aromatic rings. The summed E-state index contributed by atoms with van der Waals surface area (Å²) < 4.78 is 4.59. The Labute approximate surface area is 77.3 Å². The summed E-state index contributed by atoms with van der Waals surface area (Å²) in [6, 6.07) is 1.96. The molecule has 1 rings (SSSR count). The fourth-order valence-electron chi connectivity index (χ4n) is 1.19. The molecule has 1 heterocycles. The van der Waals surface area contributed by atoms with E-state index < -0.39 is 0 Å². The monoisotopic (exact) mass is 182 g/mol. The third kappa shape index (κ3) is 2.59. The van der Waals surface area contributed by atoms with Crippen molar-refractivity contribution < 1.29 is 9.53 Å². The van der Waals surface area contributed by atoms with Gasteiger partial charge >= 0.3 is 5.97 Å². The van der Waals surface area contributed by atoms with E-state index in [0.717, 1.165) is 5.56 Å². The Kier molecular flexibility index (Phi) is 3.52. The predicted octanol–water partition coefficient (Wildman–Crippen LogP) is 0.838. The molecule has 4 heteroatoms. The van der Waals surface area contributed by atoms with Crippen LogP contribution in [0.3, 0.4) is 0 Å². The van der Waals surface area contributed by atoms with Gasteiger partial charge in [-0.1, -0.05) is 0 Å². The molecule has 0 aromatic carbocycles. The van der Waals surface area contributed by atoms with Gasteiger partial charge in [0.1, 0.15) is 0 Å². The van der Waals surface area contributed by atoms with E-state index in [2.05, 4.69) is 15.0 Å². The summed E-state index contributed by atoms with van der Waals surface area (Å²) in [7, 11) is 3.22. The summed E-state index contributed by atoms with van der Waals surface area (Å²) in [6.07, 6.45) is 4.05. The number of esters is 1. The number of H-pyrrole nitrogens is 1. The molecule has 1 unspecified atom stereocenters. The van der Waals surface area contributed by atoms with E-state index in [0.29, 0.717) is 6.42 Å². The highest BCUT2D eigenvalue weighted by Gasteiger charge is 2.14. The molecule has 0 radical (unpaired) electrons. The van der Waals surface area contributed by atoms with Gasteiger partial charge in [0.25, 0.3) is 0 Å². The fourth-order valence-corrected chi connectivity index (χ4v) is 1.19. The summed E-state index contributed by atoms with van der Waals surface area (Å²) in [5.74, 6) is -0.208. The number of aromatic amines is 1. The number of rotatable bonds is 4. The molecule has 0 saturated heterocycles. The van der Waals surface area contributed by atoms with Crippen molar-refractivity contribution in [2.24, 2.45) is 0 Å². The van der Waals surface area contributed by atoms with Crippen LogP contribution in [0.5, 0.6) is 0 Å². The average Bonchev–Trinajstić information content (AvgIpc) is 2.66. The number of aromatic nitrogens is 1. The maximum absolute atomic E-state index is 11.0. The Morgan fingerprint density at radius 2 is 2.54 bits per heavy atom. The number of methoxy groups -OCH3 is 1. The maximum Gasteiger partial charge on any atom is 0.307 e. The van der Waals surface area contributed by atoms with Gasteiger partial charge in [0.05, 0.1) is 13.5 Å². The van der Waals surface area contributed by atoms with E-state index >= 15 is 0 Å². The standard InChI is InChI=1S/C9H14N2O2/c1-10-8(5-9(12)13-2)7-3-4-11-6-7/h3-4,6,8,10-11H,5H2,1-2H3. The molecule has 1 atom stereocenters. The first kappa shape index (κ1) is 9.80. The lowest BCUT2D eigenvalue weighted by molar-refractivity contribution is -0.141. The minimum Gasteiger partial charge on any atom is -0.469 e. The van der Waals surface area contributed by atoms with Crippen LogP contribution < -0.4 is 5.32 Å². The Morgan fingerprint density at radius 3 is 3.00 bits per heavy atom. The van der Waals surface area contributed by atoms with Crippen LogP contribution >= 0.6 is 0 Å². The zero-order chi connectivity index (χ0) is 9.68. The summed E-state index contributed by atoms with van der Waals surface area (Å²) >= 11 is 0. The predicted molar refractivity (Wildman–Crippen MR) is 49.2 cm³/mol. The highest BCUT2D eigenvalue weighted by molar-refractivity contribution is 5.70. The Morgan fingerprint density at radius 1 is 1.77 bits per heavy atom. The third-order valence-corrected chi connectivity index (χ3v) is 1.97. The van der Waals surface area contributed by atoms with Crippen LogP contribution in [0, 0.1) is 0 Å². The first-order valence-electron chi connectivity index (χ1n) is 4.14. The number of hydrogen-bond donors (Lipinski definition) is 2. The molecule has 0 fully saturated rings. The first-order valence-corrected chi connectivity index (χ1v) is 4.14. The molecule has 2 N–H and O–H groups in total. The molecular formula is C9H14N2O2. The van der Waals surface area contributed by atoms with E-state index in [9.17, 15) is 4.79 Å². The number of nitrogens with one attached hydrogen (secondary N) is 2. The van der Waals surface area contributed by atoms with Crippen molar-refractivity contribution >= 4 is 5.97 Å². The van der Waals surface area contributed by atoms with Crippen LogP contribution in [0.15, 0.2) is 18.5 Å². The average molecular weight is 182 g/mol. The number of ether oxygens (including phenoxy) is 1.